The number of methoxy groups -OCH3 is 1. The van der Waals surface area contributed by atoms with E-state index in [-0.39, 0.29) is 24.4 Å². The monoisotopic (exact) mass is 405 g/mol. The molecule has 0 saturated carbocycles. The molecule has 1 aromatic heterocycles. The van der Waals surface area contributed by atoms with Crippen LogP contribution in [0.2, 0.25) is 0 Å². The number of nitrogens with zero attached hydrogens (tertiary/aromatic N) is 3. The van der Waals surface area contributed by atoms with Crippen LogP contribution in [0, 0.1) is 0 Å². The van der Waals surface area contributed by atoms with Gasteiger partial charge in [-0.2, -0.15) is 5.10 Å². The van der Waals surface area contributed by atoms with Crippen molar-refractivity contribution in [2.75, 3.05) is 38.2 Å². The van der Waals surface area contributed by atoms with Crippen LogP contribution in [0.3, 0.4) is 0 Å². The van der Waals surface area contributed by atoms with Crippen molar-refractivity contribution in [1.82, 2.24) is 20.4 Å². The number of piperidine rings is 1. The highest BCUT2D eigenvalue weighted by Gasteiger charge is 2.27. The van der Waals surface area contributed by atoms with Crippen molar-refractivity contribution in [3.05, 3.63) is 42.2 Å². The van der Waals surface area contributed by atoms with Crippen LogP contribution in [0.15, 0.2) is 36.5 Å². The van der Waals surface area contributed by atoms with E-state index in [1.54, 1.807) is 7.11 Å². The van der Waals surface area contributed by atoms with Crippen molar-refractivity contribution in [3.8, 4) is 5.75 Å². The number of hydrogen-bond donors (Lipinski definition) is 2. The Labute approximate surface area is 171 Å². The van der Waals surface area contributed by atoms with Gasteiger partial charge in [0, 0.05) is 31.9 Å². The molecule has 1 aromatic carbocycles. The molecule has 2 atom stereocenters. The summed E-state index contributed by atoms with van der Waals surface area (Å²) in [6.45, 7) is 3.65. The highest BCUT2D eigenvalue weighted by Crippen LogP contribution is 2.30. The van der Waals surface area contributed by atoms with Gasteiger partial charge < -0.3 is 20.3 Å². The van der Waals surface area contributed by atoms with Crippen molar-refractivity contribution in [2.45, 2.75) is 31.3 Å². The zero-order chi connectivity index (χ0) is 18.6. The quantitative estimate of drug-likeness (QED) is 0.798. The SMILES string of the molecule is COc1ccccc1N1CCC(NC(=O)c2ccn(C3CCCNC3)n2)C1.Cl. The summed E-state index contributed by atoms with van der Waals surface area (Å²) in [5.41, 5.74) is 1.57. The highest BCUT2D eigenvalue weighted by atomic mass is 35.5. The lowest BCUT2D eigenvalue weighted by atomic mass is 10.1. The summed E-state index contributed by atoms with van der Waals surface area (Å²) in [6.07, 6.45) is 5.08. The van der Waals surface area contributed by atoms with Gasteiger partial charge in [0.1, 0.15) is 11.4 Å². The van der Waals surface area contributed by atoms with Crippen LogP contribution in [0.1, 0.15) is 35.8 Å². The van der Waals surface area contributed by atoms with E-state index in [9.17, 15) is 4.79 Å². The van der Waals surface area contributed by atoms with Gasteiger partial charge in [-0.25, -0.2) is 0 Å². The normalized spacial score (nSPS) is 21.8. The minimum absolute atomic E-state index is 0. The molecule has 4 rings (SSSR count). The molecule has 1 amide bonds. The van der Waals surface area contributed by atoms with Crippen LogP contribution in [0.4, 0.5) is 5.69 Å². The summed E-state index contributed by atoms with van der Waals surface area (Å²) in [5.74, 6) is 0.772. The molecule has 2 saturated heterocycles. The fourth-order valence-corrected chi connectivity index (χ4v) is 3.97. The maximum absolute atomic E-state index is 12.6. The number of rotatable bonds is 5. The molecule has 2 aliphatic heterocycles. The first-order valence-corrected chi connectivity index (χ1v) is 9.69. The second-order valence-electron chi connectivity index (χ2n) is 7.26. The third kappa shape index (κ3) is 4.42. The third-order valence-corrected chi connectivity index (χ3v) is 5.44. The number of anilines is 1. The molecule has 28 heavy (non-hydrogen) atoms. The van der Waals surface area contributed by atoms with Crippen molar-refractivity contribution in [1.29, 1.82) is 0 Å². The van der Waals surface area contributed by atoms with E-state index in [4.69, 9.17) is 4.74 Å². The van der Waals surface area contributed by atoms with Crippen molar-refractivity contribution in [3.63, 3.8) is 0 Å². The van der Waals surface area contributed by atoms with Gasteiger partial charge in [0.25, 0.3) is 5.91 Å². The Morgan fingerprint density at radius 3 is 2.93 bits per heavy atom. The van der Waals surface area contributed by atoms with E-state index in [0.29, 0.717) is 11.7 Å². The van der Waals surface area contributed by atoms with Crippen molar-refractivity contribution < 1.29 is 9.53 Å². The summed E-state index contributed by atoms with van der Waals surface area (Å²) >= 11 is 0. The van der Waals surface area contributed by atoms with Crippen LogP contribution in [0.5, 0.6) is 5.75 Å². The second-order valence-corrected chi connectivity index (χ2v) is 7.26. The predicted molar refractivity (Wildman–Crippen MR) is 112 cm³/mol. The van der Waals surface area contributed by atoms with Crippen LogP contribution in [-0.4, -0.2) is 55.0 Å². The summed E-state index contributed by atoms with van der Waals surface area (Å²) in [6, 6.07) is 10.3. The first-order chi connectivity index (χ1) is 13.2. The zero-order valence-electron chi connectivity index (χ0n) is 16.1. The fraction of sp³-hybridized carbons (Fsp3) is 0.500. The highest BCUT2D eigenvalue weighted by molar-refractivity contribution is 5.92. The molecule has 2 fully saturated rings. The van der Waals surface area contributed by atoms with E-state index >= 15 is 0 Å². The molecule has 152 valence electrons. The molecule has 0 bridgehead atoms. The number of nitrogens with one attached hydrogen (secondary N) is 2. The predicted octanol–water partition coefficient (Wildman–Crippen LogP) is 2.25. The Bertz CT molecular complexity index is 790. The molecular weight excluding hydrogens is 378 g/mol. The lowest BCUT2D eigenvalue weighted by molar-refractivity contribution is 0.0934. The van der Waals surface area contributed by atoms with Crippen LogP contribution < -0.4 is 20.3 Å². The summed E-state index contributed by atoms with van der Waals surface area (Å²) in [4.78, 5) is 14.9. The number of para-hydroxylation sites is 2. The lowest BCUT2D eigenvalue weighted by Crippen LogP contribution is -2.37. The number of amides is 1. The molecule has 2 unspecified atom stereocenters. The minimum atomic E-state index is -0.0932. The van der Waals surface area contributed by atoms with Crippen molar-refractivity contribution in [2.24, 2.45) is 0 Å². The molecule has 0 spiro atoms. The molecule has 0 aliphatic carbocycles. The van der Waals surface area contributed by atoms with Gasteiger partial charge >= 0.3 is 0 Å². The lowest BCUT2D eigenvalue weighted by Gasteiger charge is -2.23. The van der Waals surface area contributed by atoms with Gasteiger partial charge in [-0.1, -0.05) is 12.1 Å². The zero-order valence-corrected chi connectivity index (χ0v) is 17.0. The molecule has 0 radical (unpaired) electrons. The number of halogens is 1. The number of aromatic nitrogens is 2. The number of benzene rings is 1. The summed E-state index contributed by atoms with van der Waals surface area (Å²) in [5, 5.41) is 11.0. The van der Waals surface area contributed by atoms with Gasteiger partial charge in [0.05, 0.1) is 18.8 Å². The molecule has 2 N–H and O–H groups in total. The smallest absolute Gasteiger partial charge is 0.272 e. The average Bonchev–Trinajstić information content (AvgIpc) is 3.38. The molecule has 8 heteroatoms. The van der Waals surface area contributed by atoms with E-state index < -0.39 is 0 Å². The van der Waals surface area contributed by atoms with Gasteiger partial charge in [0.2, 0.25) is 0 Å². The van der Waals surface area contributed by atoms with E-state index in [0.717, 1.165) is 56.9 Å². The number of carbonyl (C=O) groups is 1. The van der Waals surface area contributed by atoms with Gasteiger partial charge in [0.15, 0.2) is 0 Å². The van der Waals surface area contributed by atoms with Gasteiger partial charge in [-0.3, -0.25) is 9.48 Å². The Balaban J connectivity index is 0.00000225. The Morgan fingerprint density at radius 1 is 1.29 bits per heavy atom. The van der Waals surface area contributed by atoms with E-state index in [1.807, 2.05) is 35.1 Å². The van der Waals surface area contributed by atoms with Crippen LogP contribution >= 0.6 is 12.4 Å². The second kappa shape index (κ2) is 9.30. The molecular formula is C20H28ClN5O2. The Morgan fingerprint density at radius 2 is 2.14 bits per heavy atom. The first kappa shape index (κ1) is 20.5. The third-order valence-electron chi connectivity index (χ3n) is 5.44. The van der Waals surface area contributed by atoms with E-state index in [1.165, 1.54) is 0 Å². The summed E-state index contributed by atoms with van der Waals surface area (Å²) < 4.78 is 7.38. The number of carbonyl (C=O) groups excluding carboxylic acids is 1. The largest absolute Gasteiger partial charge is 0.495 e. The maximum Gasteiger partial charge on any atom is 0.272 e. The number of ether oxygens (including phenoxy) is 1. The Hall–Kier alpha value is -2.25. The standard InChI is InChI=1S/C20H27N5O2.ClH/c1-27-19-7-3-2-6-18(19)24-11-8-15(14-24)22-20(26)17-9-12-25(23-17)16-5-4-10-21-13-16;/h2-3,6-7,9,12,15-16,21H,4-5,8,10-11,13-14H2,1H3,(H,22,26);1H. The topological polar surface area (TPSA) is 71.4 Å². The maximum atomic E-state index is 12.6. The average molecular weight is 406 g/mol. The Kier molecular flexibility index (Phi) is 6.80. The van der Waals surface area contributed by atoms with Crippen LogP contribution in [0.25, 0.3) is 0 Å². The minimum Gasteiger partial charge on any atom is -0.495 e. The van der Waals surface area contributed by atoms with Crippen LogP contribution in [-0.2, 0) is 0 Å². The molecule has 2 aliphatic rings. The molecule has 7 nitrogen and oxygen atoms in total. The molecule has 3 heterocycles. The summed E-state index contributed by atoms with van der Waals surface area (Å²) in [7, 11) is 1.69. The van der Waals surface area contributed by atoms with Gasteiger partial charge in [-0.05, 0) is 44.0 Å². The molecule has 2 aromatic rings. The van der Waals surface area contributed by atoms with Crippen molar-refractivity contribution >= 4 is 24.0 Å². The van der Waals surface area contributed by atoms with Gasteiger partial charge in [-0.15, -0.1) is 12.4 Å². The number of hydrogen-bond acceptors (Lipinski definition) is 5. The first-order valence-electron chi connectivity index (χ1n) is 9.69. The fourth-order valence-electron chi connectivity index (χ4n) is 3.97. The van der Waals surface area contributed by atoms with E-state index in [2.05, 4.69) is 26.7 Å².